The first-order chi connectivity index (χ1) is 9.66. The van der Waals surface area contributed by atoms with Crippen LogP contribution >= 0.6 is 11.6 Å². The Morgan fingerprint density at radius 2 is 1.85 bits per heavy atom. The van der Waals surface area contributed by atoms with Crippen molar-refractivity contribution in [2.45, 2.75) is 0 Å². The Labute approximate surface area is 122 Å². The molecule has 20 heavy (non-hydrogen) atoms. The van der Waals surface area contributed by atoms with Crippen LogP contribution in [0.25, 0.3) is 0 Å². The molecule has 0 aliphatic rings. The van der Waals surface area contributed by atoms with Gasteiger partial charge in [-0.1, -0.05) is 29.8 Å². The monoisotopic (exact) mass is 291 g/mol. The van der Waals surface area contributed by atoms with E-state index in [2.05, 4.69) is 0 Å². The molecule has 0 heterocycles. The van der Waals surface area contributed by atoms with Gasteiger partial charge in [0, 0.05) is 0 Å². The highest BCUT2D eigenvalue weighted by molar-refractivity contribution is 6.33. The maximum absolute atomic E-state index is 11.7. The van der Waals surface area contributed by atoms with E-state index in [0.29, 0.717) is 22.9 Å². The third-order valence-corrected chi connectivity index (χ3v) is 2.90. The van der Waals surface area contributed by atoms with Gasteiger partial charge in [0.15, 0.2) is 0 Å². The topological polar surface area (TPSA) is 61.6 Å². The van der Waals surface area contributed by atoms with Gasteiger partial charge in [-0.25, -0.2) is 4.79 Å². The quantitative estimate of drug-likeness (QED) is 0.522. The number of benzene rings is 2. The minimum absolute atomic E-state index is 0.163. The molecule has 2 N–H and O–H groups in total. The number of hydrogen-bond donors (Lipinski definition) is 1. The Morgan fingerprint density at radius 3 is 2.55 bits per heavy atom. The molecule has 0 bridgehead atoms. The number of hydrogen-bond acceptors (Lipinski definition) is 4. The molecular formula is C15H14ClNO3. The van der Waals surface area contributed by atoms with Crippen molar-refractivity contribution >= 4 is 23.3 Å². The van der Waals surface area contributed by atoms with E-state index in [0.717, 1.165) is 5.75 Å². The summed E-state index contributed by atoms with van der Waals surface area (Å²) >= 11 is 5.78. The van der Waals surface area contributed by atoms with Gasteiger partial charge in [0.05, 0.1) is 16.3 Å². The van der Waals surface area contributed by atoms with Crippen molar-refractivity contribution < 1.29 is 14.3 Å². The molecule has 5 heteroatoms. The lowest BCUT2D eigenvalue weighted by Gasteiger charge is -2.08. The largest absolute Gasteiger partial charge is 0.490 e. The lowest BCUT2D eigenvalue weighted by atomic mass is 10.2. The molecule has 2 aromatic carbocycles. The average Bonchev–Trinajstić information content (AvgIpc) is 2.47. The van der Waals surface area contributed by atoms with Crippen molar-refractivity contribution in [3.05, 3.63) is 59.1 Å². The summed E-state index contributed by atoms with van der Waals surface area (Å²) in [7, 11) is 0. The smallest absolute Gasteiger partial charge is 0.338 e. The molecule has 0 aliphatic carbocycles. The van der Waals surface area contributed by atoms with E-state index in [-0.39, 0.29) is 6.61 Å². The number of ether oxygens (including phenoxy) is 2. The van der Waals surface area contributed by atoms with Crippen LogP contribution in [0.3, 0.4) is 0 Å². The molecule has 0 atom stereocenters. The molecule has 2 rings (SSSR count). The van der Waals surface area contributed by atoms with Crippen LogP contribution < -0.4 is 10.5 Å². The van der Waals surface area contributed by atoms with E-state index in [1.165, 1.54) is 6.07 Å². The Morgan fingerprint density at radius 1 is 1.10 bits per heavy atom. The number of carbonyl (C=O) groups is 1. The van der Waals surface area contributed by atoms with Crippen LogP contribution in [-0.4, -0.2) is 19.2 Å². The molecule has 0 fully saturated rings. The first kappa shape index (κ1) is 14.2. The third kappa shape index (κ3) is 3.90. The number of halogens is 1. The minimum atomic E-state index is -0.454. The lowest BCUT2D eigenvalue weighted by molar-refractivity contribution is 0.0450. The zero-order chi connectivity index (χ0) is 14.4. The second-order valence-corrected chi connectivity index (χ2v) is 4.44. The Kier molecular flexibility index (Phi) is 4.85. The second kappa shape index (κ2) is 6.82. The van der Waals surface area contributed by atoms with Crippen molar-refractivity contribution in [1.82, 2.24) is 0 Å². The number of esters is 1. The standard InChI is InChI=1S/C15H14ClNO3/c16-13-7-6-11(10-14(13)17)15(18)20-9-8-19-12-4-2-1-3-5-12/h1-7,10H,8-9,17H2. The van der Waals surface area contributed by atoms with E-state index in [9.17, 15) is 4.79 Å². The number of carbonyl (C=O) groups excluding carboxylic acids is 1. The normalized spacial score (nSPS) is 10.1. The van der Waals surface area contributed by atoms with E-state index >= 15 is 0 Å². The second-order valence-electron chi connectivity index (χ2n) is 4.03. The highest BCUT2D eigenvalue weighted by atomic mass is 35.5. The minimum Gasteiger partial charge on any atom is -0.490 e. The SMILES string of the molecule is Nc1cc(C(=O)OCCOc2ccccc2)ccc1Cl. The summed E-state index contributed by atoms with van der Waals surface area (Å²) in [4.78, 5) is 11.7. The Balaban J connectivity index is 1.79. The van der Waals surface area contributed by atoms with Crippen LogP contribution in [0.2, 0.25) is 5.02 Å². The van der Waals surface area contributed by atoms with Gasteiger partial charge >= 0.3 is 5.97 Å². The fraction of sp³-hybridized carbons (Fsp3) is 0.133. The van der Waals surface area contributed by atoms with Crippen LogP contribution in [-0.2, 0) is 4.74 Å². The van der Waals surface area contributed by atoms with Crippen molar-refractivity contribution in [2.75, 3.05) is 18.9 Å². The Hall–Kier alpha value is -2.20. The predicted octanol–water partition coefficient (Wildman–Crippen LogP) is 3.16. The lowest BCUT2D eigenvalue weighted by Crippen LogP contribution is -2.12. The molecule has 2 aromatic rings. The average molecular weight is 292 g/mol. The van der Waals surface area contributed by atoms with Gasteiger partial charge in [-0.05, 0) is 30.3 Å². The zero-order valence-electron chi connectivity index (χ0n) is 10.7. The maximum Gasteiger partial charge on any atom is 0.338 e. The summed E-state index contributed by atoms with van der Waals surface area (Å²) in [5, 5.41) is 0.411. The van der Waals surface area contributed by atoms with Crippen LogP contribution in [0.1, 0.15) is 10.4 Å². The summed E-state index contributed by atoms with van der Waals surface area (Å²) in [5.41, 5.74) is 6.34. The van der Waals surface area contributed by atoms with Crippen LogP contribution in [0.15, 0.2) is 48.5 Å². The Bertz CT molecular complexity index is 587. The highest BCUT2D eigenvalue weighted by Crippen LogP contribution is 2.19. The summed E-state index contributed by atoms with van der Waals surface area (Å²) in [6, 6.07) is 13.9. The predicted molar refractivity (Wildman–Crippen MR) is 78.1 cm³/mol. The summed E-state index contributed by atoms with van der Waals surface area (Å²) in [5.74, 6) is 0.282. The van der Waals surface area contributed by atoms with E-state index in [1.807, 2.05) is 30.3 Å². The van der Waals surface area contributed by atoms with Gasteiger partial charge in [-0.2, -0.15) is 0 Å². The summed E-state index contributed by atoms with van der Waals surface area (Å²) in [6.07, 6.45) is 0. The van der Waals surface area contributed by atoms with Crippen molar-refractivity contribution in [3.63, 3.8) is 0 Å². The molecule has 0 aromatic heterocycles. The number of anilines is 1. The molecule has 104 valence electrons. The van der Waals surface area contributed by atoms with E-state index < -0.39 is 5.97 Å². The van der Waals surface area contributed by atoms with Gasteiger partial charge in [0.2, 0.25) is 0 Å². The molecule has 0 saturated carbocycles. The first-order valence-corrected chi connectivity index (χ1v) is 6.44. The highest BCUT2D eigenvalue weighted by Gasteiger charge is 2.08. The van der Waals surface area contributed by atoms with Crippen molar-refractivity contribution in [3.8, 4) is 5.75 Å². The van der Waals surface area contributed by atoms with Gasteiger partial charge in [0.25, 0.3) is 0 Å². The number of para-hydroxylation sites is 1. The number of rotatable bonds is 5. The molecule has 0 saturated heterocycles. The van der Waals surface area contributed by atoms with E-state index in [4.69, 9.17) is 26.8 Å². The third-order valence-electron chi connectivity index (χ3n) is 2.56. The van der Waals surface area contributed by atoms with Crippen molar-refractivity contribution in [1.29, 1.82) is 0 Å². The van der Waals surface area contributed by atoms with Crippen LogP contribution in [0, 0.1) is 0 Å². The van der Waals surface area contributed by atoms with Gasteiger partial charge < -0.3 is 15.2 Å². The number of nitrogens with two attached hydrogens (primary N) is 1. The molecule has 0 spiro atoms. The molecular weight excluding hydrogens is 278 g/mol. The van der Waals surface area contributed by atoms with Gasteiger partial charge in [-0.3, -0.25) is 0 Å². The van der Waals surface area contributed by atoms with Gasteiger partial charge in [-0.15, -0.1) is 0 Å². The molecule has 0 amide bonds. The molecule has 0 aliphatic heterocycles. The van der Waals surface area contributed by atoms with E-state index in [1.54, 1.807) is 12.1 Å². The molecule has 0 radical (unpaired) electrons. The molecule has 0 unspecified atom stereocenters. The van der Waals surface area contributed by atoms with Crippen molar-refractivity contribution in [2.24, 2.45) is 0 Å². The zero-order valence-corrected chi connectivity index (χ0v) is 11.5. The molecule has 4 nitrogen and oxygen atoms in total. The van der Waals surface area contributed by atoms with Crippen LogP contribution in [0.4, 0.5) is 5.69 Å². The summed E-state index contributed by atoms with van der Waals surface area (Å²) in [6.45, 7) is 0.453. The van der Waals surface area contributed by atoms with Gasteiger partial charge in [0.1, 0.15) is 19.0 Å². The summed E-state index contributed by atoms with van der Waals surface area (Å²) < 4.78 is 10.5. The maximum atomic E-state index is 11.7. The fourth-order valence-corrected chi connectivity index (χ4v) is 1.68. The fourth-order valence-electron chi connectivity index (χ4n) is 1.56. The van der Waals surface area contributed by atoms with Crippen LogP contribution in [0.5, 0.6) is 5.75 Å². The first-order valence-electron chi connectivity index (χ1n) is 6.07. The number of nitrogen functional groups attached to an aromatic ring is 1.